The Labute approximate surface area is 123 Å². The van der Waals surface area contributed by atoms with Crippen LogP contribution in [0.5, 0.6) is 5.75 Å². The van der Waals surface area contributed by atoms with Gasteiger partial charge in [-0.25, -0.2) is 4.79 Å². The molecule has 0 saturated heterocycles. The van der Waals surface area contributed by atoms with Gasteiger partial charge in [0.25, 0.3) is 0 Å². The summed E-state index contributed by atoms with van der Waals surface area (Å²) in [6.07, 6.45) is -1.05. The average Bonchev–Trinajstić information content (AvgIpc) is 2.82. The van der Waals surface area contributed by atoms with Crippen LogP contribution in [0.4, 0.5) is 0 Å². The molecule has 2 atom stereocenters. The lowest BCUT2D eigenvalue weighted by molar-refractivity contribution is -0.148. The minimum Gasteiger partial charge on any atom is -0.492 e. The highest BCUT2D eigenvalue weighted by Crippen LogP contribution is 2.35. The summed E-state index contributed by atoms with van der Waals surface area (Å²) in [5, 5.41) is 11.5. The first-order valence-electron chi connectivity index (χ1n) is 6.71. The van der Waals surface area contributed by atoms with Gasteiger partial charge in [-0.15, -0.1) is 0 Å². The molecule has 1 heterocycles. The standard InChI is InChI=1S/C15H19NO5/c1-8-4-10-11(7-21-12(10)5-9(8)2)14(17)16-6-13(20-3)15(18)19/h4-5,11,13H,6-7H2,1-3H3,(H,16,17)(H,18,19). The van der Waals surface area contributed by atoms with E-state index in [0.717, 1.165) is 22.4 Å². The summed E-state index contributed by atoms with van der Waals surface area (Å²) in [7, 11) is 1.30. The molecule has 0 bridgehead atoms. The number of carboxylic acid groups (broad SMARTS) is 1. The number of nitrogens with one attached hydrogen (secondary N) is 1. The van der Waals surface area contributed by atoms with Gasteiger partial charge in [-0.05, 0) is 31.0 Å². The van der Waals surface area contributed by atoms with Crippen LogP contribution < -0.4 is 10.1 Å². The number of aryl methyl sites for hydroxylation is 2. The van der Waals surface area contributed by atoms with Crippen LogP contribution in [0.2, 0.25) is 0 Å². The van der Waals surface area contributed by atoms with Crippen LogP contribution in [-0.2, 0) is 14.3 Å². The number of carbonyl (C=O) groups is 2. The molecule has 6 nitrogen and oxygen atoms in total. The van der Waals surface area contributed by atoms with Gasteiger partial charge in [-0.3, -0.25) is 4.79 Å². The second kappa shape index (κ2) is 6.13. The zero-order valence-corrected chi connectivity index (χ0v) is 12.3. The molecule has 0 aliphatic carbocycles. The molecule has 0 radical (unpaired) electrons. The first-order chi connectivity index (χ1) is 9.93. The molecule has 1 aromatic rings. The fraction of sp³-hybridized carbons (Fsp3) is 0.467. The molecule has 0 saturated carbocycles. The first-order valence-corrected chi connectivity index (χ1v) is 6.71. The van der Waals surface area contributed by atoms with Crippen molar-refractivity contribution in [2.24, 2.45) is 0 Å². The number of rotatable bonds is 5. The van der Waals surface area contributed by atoms with Gasteiger partial charge in [0.05, 0.1) is 6.54 Å². The SMILES string of the molecule is COC(CNC(=O)C1COc2cc(C)c(C)cc21)C(=O)O. The monoisotopic (exact) mass is 293 g/mol. The second-order valence-electron chi connectivity index (χ2n) is 5.15. The number of methoxy groups -OCH3 is 1. The summed E-state index contributed by atoms with van der Waals surface area (Å²) >= 11 is 0. The first kappa shape index (κ1) is 15.3. The molecule has 0 spiro atoms. The Morgan fingerprint density at radius 1 is 1.43 bits per heavy atom. The van der Waals surface area contributed by atoms with Gasteiger partial charge in [-0.2, -0.15) is 0 Å². The van der Waals surface area contributed by atoms with Crippen molar-refractivity contribution >= 4 is 11.9 Å². The Hall–Kier alpha value is -2.08. The highest BCUT2D eigenvalue weighted by molar-refractivity contribution is 5.86. The molecule has 1 aliphatic heterocycles. The molecule has 6 heteroatoms. The third-order valence-electron chi connectivity index (χ3n) is 3.75. The number of benzene rings is 1. The van der Waals surface area contributed by atoms with E-state index in [0.29, 0.717) is 0 Å². The second-order valence-corrected chi connectivity index (χ2v) is 5.15. The summed E-state index contributed by atoms with van der Waals surface area (Å²) in [5.41, 5.74) is 3.05. The van der Waals surface area contributed by atoms with E-state index < -0.39 is 18.0 Å². The highest BCUT2D eigenvalue weighted by atomic mass is 16.5. The molecule has 1 aliphatic rings. The summed E-state index contributed by atoms with van der Waals surface area (Å²) < 4.78 is 10.3. The van der Waals surface area contributed by atoms with Crippen molar-refractivity contribution in [3.63, 3.8) is 0 Å². The minimum atomic E-state index is -1.10. The lowest BCUT2D eigenvalue weighted by atomic mass is 9.96. The van der Waals surface area contributed by atoms with Crippen LogP contribution in [0.1, 0.15) is 22.6 Å². The molecule has 2 unspecified atom stereocenters. The number of carboxylic acids is 1. The van der Waals surface area contributed by atoms with Gasteiger partial charge in [0.1, 0.15) is 18.3 Å². The average molecular weight is 293 g/mol. The van der Waals surface area contributed by atoms with Crippen LogP contribution >= 0.6 is 0 Å². The number of aliphatic carboxylic acids is 1. The smallest absolute Gasteiger partial charge is 0.334 e. The van der Waals surface area contributed by atoms with Crippen molar-refractivity contribution in [2.75, 3.05) is 20.3 Å². The van der Waals surface area contributed by atoms with E-state index in [1.165, 1.54) is 7.11 Å². The maximum atomic E-state index is 12.2. The van der Waals surface area contributed by atoms with E-state index in [1.54, 1.807) is 0 Å². The summed E-state index contributed by atoms with van der Waals surface area (Å²) in [5.74, 6) is -1.04. The number of hydrogen-bond acceptors (Lipinski definition) is 4. The van der Waals surface area contributed by atoms with E-state index in [2.05, 4.69) is 5.32 Å². The van der Waals surface area contributed by atoms with E-state index in [-0.39, 0.29) is 19.1 Å². The third-order valence-corrected chi connectivity index (χ3v) is 3.75. The molecule has 2 N–H and O–H groups in total. The Morgan fingerprint density at radius 3 is 2.71 bits per heavy atom. The number of amides is 1. The molecular formula is C15H19NO5. The summed E-state index contributed by atoms with van der Waals surface area (Å²) in [4.78, 5) is 23.1. The molecule has 114 valence electrons. The number of hydrogen-bond donors (Lipinski definition) is 2. The fourth-order valence-corrected chi connectivity index (χ4v) is 2.28. The van der Waals surface area contributed by atoms with E-state index in [4.69, 9.17) is 14.6 Å². The van der Waals surface area contributed by atoms with Crippen molar-refractivity contribution in [3.8, 4) is 5.75 Å². The predicted molar refractivity (Wildman–Crippen MR) is 75.6 cm³/mol. The highest BCUT2D eigenvalue weighted by Gasteiger charge is 2.31. The third kappa shape index (κ3) is 3.16. The van der Waals surface area contributed by atoms with Gasteiger partial charge in [0.15, 0.2) is 6.10 Å². The van der Waals surface area contributed by atoms with Crippen LogP contribution in [0, 0.1) is 13.8 Å². The quantitative estimate of drug-likeness (QED) is 0.846. The largest absolute Gasteiger partial charge is 0.492 e. The maximum Gasteiger partial charge on any atom is 0.334 e. The molecule has 0 fully saturated rings. The van der Waals surface area contributed by atoms with Crippen LogP contribution in [0.15, 0.2) is 12.1 Å². The normalized spacial score (nSPS) is 17.8. The number of fused-ring (bicyclic) bond motifs is 1. The lowest BCUT2D eigenvalue weighted by Gasteiger charge is -2.14. The Balaban J connectivity index is 2.06. The van der Waals surface area contributed by atoms with Gasteiger partial charge < -0.3 is 19.9 Å². The van der Waals surface area contributed by atoms with Gasteiger partial charge in [0, 0.05) is 12.7 Å². The van der Waals surface area contributed by atoms with Crippen molar-refractivity contribution < 1.29 is 24.2 Å². The van der Waals surface area contributed by atoms with Crippen LogP contribution in [0.25, 0.3) is 0 Å². The fourth-order valence-electron chi connectivity index (χ4n) is 2.28. The van der Waals surface area contributed by atoms with E-state index in [9.17, 15) is 9.59 Å². The molecule has 1 amide bonds. The van der Waals surface area contributed by atoms with Crippen LogP contribution in [-0.4, -0.2) is 43.3 Å². The molecule has 0 aromatic heterocycles. The van der Waals surface area contributed by atoms with Crippen molar-refractivity contribution in [2.45, 2.75) is 25.9 Å². The Bertz CT molecular complexity index is 569. The molecule has 2 rings (SSSR count). The zero-order valence-electron chi connectivity index (χ0n) is 12.3. The predicted octanol–water partition coefficient (Wildman–Crippen LogP) is 0.995. The Morgan fingerprint density at radius 2 is 2.10 bits per heavy atom. The van der Waals surface area contributed by atoms with Gasteiger partial charge in [0.2, 0.25) is 5.91 Å². The minimum absolute atomic E-state index is 0.0681. The molecular weight excluding hydrogens is 274 g/mol. The van der Waals surface area contributed by atoms with Crippen molar-refractivity contribution in [1.82, 2.24) is 5.32 Å². The lowest BCUT2D eigenvalue weighted by Crippen LogP contribution is -2.40. The van der Waals surface area contributed by atoms with Crippen molar-refractivity contribution in [3.05, 3.63) is 28.8 Å². The summed E-state index contributed by atoms with van der Waals surface area (Å²) in [6.45, 7) is 4.17. The topological polar surface area (TPSA) is 84.9 Å². The van der Waals surface area contributed by atoms with E-state index >= 15 is 0 Å². The Kier molecular flexibility index (Phi) is 4.47. The van der Waals surface area contributed by atoms with Gasteiger partial charge in [-0.1, -0.05) is 6.07 Å². The summed E-state index contributed by atoms with van der Waals surface area (Å²) in [6, 6.07) is 3.88. The van der Waals surface area contributed by atoms with Gasteiger partial charge >= 0.3 is 5.97 Å². The number of carbonyl (C=O) groups excluding carboxylic acids is 1. The molecule has 21 heavy (non-hydrogen) atoms. The zero-order chi connectivity index (χ0) is 15.6. The maximum absolute atomic E-state index is 12.2. The van der Waals surface area contributed by atoms with Crippen LogP contribution in [0.3, 0.4) is 0 Å². The number of ether oxygens (including phenoxy) is 2. The van der Waals surface area contributed by atoms with Crippen molar-refractivity contribution in [1.29, 1.82) is 0 Å². The molecule has 1 aromatic carbocycles. The van der Waals surface area contributed by atoms with E-state index in [1.807, 2.05) is 26.0 Å².